The molecule has 0 spiro atoms. The van der Waals surface area contributed by atoms with E-state index in [9.17, 15) is 0 Å². The van der Waals surface area contributed by atoms with Gasteiger partial charge >= 0.3 is 0 Å². The van der Waals surface area contributed by atoms with Crippen molar-refractivity contribution in [1.29, 1.82) is 0 Å². The highest BCUT2D eigenvalue weighted by molar-refractivity contribution is 8.00. The van der Waals surface area contributed by atoms with Gasteiger partial charge in [-0.25, -0.2) is 0 Å². The molecule has 0 aliphatic carbocycles. The second-order valence-electron chi connectivity index (χ2n) is 5.57. The molecule has 108 valence electrons. The fourth-order valence-electron chi connectivity index (χ4n) is 2.83. The van der Waals surface area contributed by atoms with E-state index in [2.05, 4.69) is 49.1 Å². The highest BCUT2D eigenvalue weighted by Crippen LogP contribution is 2.29. The Hall–Kier alpha value is -0.480. The monoisotopic (exact) mass is 281 g/mol. The van der Waals surface area contributed by atoms with E-state index in [1.165, 1.54) is 37.1 Å². The van der Waals surface area contributed by atoms with Gasteiger partial charge in [-0.1, -0.05) is 13.3 Å². The first-order valence-electron chi connectivity index (χ1n) is 7.55. The van der Waals surface area contributed by atoms with Gasteiger partial charge in [0, 0.05) is 30.5 Å². The summed E-state index contributed by atoms with van der Waals surface area (Å²) in [6.07, 6.45) is 6.47. The smallest absolute Gasteiger partial charge is 0.0596 e. The molecule has 2 heterocycles. The van der Waals surface area contributed by atoms with E-state index in [4.69, 9.17) is 0 Å². The number of hydrogen-bond donors (Lipinski definition) is 1. The Morgan fingerprint density at radius 3 is 2.95 bits per heavy atom. The Morgan fingerprint density at radius 1 is 1.53 bits per heavy atom. The van der Waals surface area contributed by atoms with Gasteiger partial charge in [0.05, 0.1) is 5.69 Å². The summed E-state index contributed by atoms with van der Waals surface area (Å²) < 4.78 is 2.05. The van der Waals surface area contributed by atoms with Gasteiger partial charge < -0.3 is 5.32 Å². The van der Waals surface area contributed by atoms with Gasteiger partial charge in [0.2, 0.25) is 0 Å². The molecular formula is C15H27N3S. The molecule has 0 saturated carbocycles. The Morgan fingerprint density at radius 2 is 2.37 bits per heavy atom. The molecule has 2 rings (SSSR count). The van der Waals surface area contributed by atoms with Gasteiger partial charge in [0.1, 0.15) is 0 Å². The summed E-state index contributed by atoms with van der Waals surface area (Å²) in [7, 11) is 2.06. The lowest BCUT2D eigenvalue weighted by molar-refractivity contribution is 0.451. The van der Waals surface area contributed by atoms with Gasteiger partial charge in [-0.2, -0.15) is 16.9 Å². The molecule has 1 aromatic rings. The highest BCUT2D eigenvalue weighted by Gasteiger charge is 2.24. The largest absolute Gasteiger partial charge is 0.312 e. The quantitative estimate of drug-likeness (QED) is 0.869. The number of nitrogens with zero attached hydrogens (tertiary/aromatic N) is 2. The van der Waals surface area contributed by atoms with Crippen LogP contribution < -0.4 is 5.32 Å². The van der Waals surface area contributed by atoms with Crippen LogP contribution in [0.5, 0.6) is 0 Å². The molecule has 0 aromatic carbocycles. The number of nitrogens with one attached hydrogen (secondary N) is 1. The summed E-state index contributed by atoms with van der Waals surface area (Å²) in [5, 5.41) is 9.01. The normalized spacial score (nSPS) is 21.5. The Kier molecular flexibility index (Phi) is 5.76. The van der Waals surface area contributed by atoms with Crippen molar-refractivity contribution in [3.05, 3.63) is 17.5 Å². The average molecular weight is 281 g/mol. The second-order valence-corrected chi connectivity index (χ2v) is 6.92. The summed E-state index contributed by atoms with van der Waals surface area (Å²) in [5.74, 6) is 1.33. The molecule has 2 atom stereocenters. The van der Waals surface area contributed by atoms with Crippen molar-refractivity contribution >= 4 is 11.8 Å². The molecule has 19 heavy (non-hydrogen) atoms. The second kappa shape index (κ2) is 7.34. The lowest BCUT2D eigenvalue weighted by Gasteiger charge is -2.30. The van der Waals surface area contributed by atoms with Crippen LogP contribution in [0.15, 0.2) is 6.07 Å². The third-order valence-electron chi connectivity index (χ3n) is 3.85. The summed E-state index contributed by atoms with van der Waals surface area (Å²) in [6, 6.07) is 2.83. The molecule has 0 radical (unpaired) electrons. The van der Waals surface area contributed by atoms with Crippen molar-refractivity contribution in [2.45, 2.75) is 57.2 Å². The topological polar surface area (TPSA) is 29.9 Å². The standard InChI is InChI=1S/C15H27N3S/c1-4-8-16-14(15-7-5-6-9-19-15)11-13-10-12(2)17-18(13)3/h10,14-16H,4-9,11H2,1-3H3. The maximum Gasteiger partial charge on any atom is 0.0596 e. The minimum absolute atomic E-state index is 0.597. The third-order valence-corrected chi connectivity index (χ3v) is 5.36. The van der Waals surface area contributed by atoms with Crippen LogP contribution in [-0.2, 0) is 13.5 Å². The molecule has 0 amide bonds. The van der Waals surface area contributed by atoms with Gasteiger partial charge in [-0.15, -0.1) is 0 Å². The number of rotatable bonds is 6. The van der Waals surface area contributed by atoms with Gasteiger partial charge in [0.15, 0.2) is 0 Å². The summed E-state index contributed by atoms with van der Waals surface area (Å²) in [6.45, 7) is 5.44. The van der Waals surface area contributed by atoms with Crippen molar-refractivity contribution < 1.29 is 0 Å². The minimum atomic E-state index is 0.597. The van der Waals surface area contributed by atoms with Crippen LogP contribution in [0.25, 0.3) is 0 Å². The van der Waals surface area contributed by atoms with Crippen LogP contribution in [0.3, 0.4) is 0 Å². The predicted molar refractivity (Wildman–Crippen MR) is 83.8 cm³/mol. The van der Waals surface area contributed by atoms with Gasteiger partial charge in [-0.3, -0.25) is 4.68 Å². The van der Waals surface area contributed by atoms with Crippen LogP contribution in [0.4, 0.5) is 0 Å². The fraction of sp³-hybridized carbons (Fsp3) is 0.800. The molecule has 1 aromatic heterocycles. The molecule has 1 saturated heterocycles. The Labute approximate surface area is 121 Å². The fourth-order valence-corrected chi connectivity index (χ4v) is 4.26. The van der Waals surface area contributed by atoms with E-state index in [-0.39, 0.29) is 0 Å². The predicted octanol–water partition coefficient (Wildman–Crippen LogP) is 2.92. The first kappa shape index (κ1) is 14.9. The lowest BCUT2D eigenvalue weighted by Crippen LogP contribution is -2.41. The lowest BCUT2D eigenvalue weighted by atomic mass is 10.0. The van der Waals surface area contributed by atoms with Crippen LogP contribution in [0, 0.1) is 6.92 Å². The van der Waals surface area contributed by atoms with E-state index in [1.807, 2.05) is 4.68 Å². The zero-order valence-electron chi connectivity index (χ0n) is 12.5. The van der Waals surface area contributed by atoms with E-state index in [0.717, 1.165) is 23.9 Å². The zero-order valence-corrected chi connectivity index (χ0v) is 13.3. The SMILES string of the molecule is CCCNC(Cc1cc(C)nn1C)C1CCCCS1. The average Bonchev–Trinajstić information content (AvgIpc) is 2.73. The van der Waals surface area contributed by atoms with E-state index in [0.29, 0.717) is 6.04 Å². The van der Waals surface area contributed by atoms with Crippen LogP contribution in [-0.4, -0.2) is 33.4 Å². The van der Waals surface area contributed by atoms with Crippen LogP contribution in [0.2, 0.25) is 0 Å². The number of aromatic nitrogens is 2. The number of aryl methyl sites for hydroxylation is 2. The molecule has 1 fully saturated rings. The first-order chi connectivity index (χ1) is 9.20. The van der Waals surface area contributed by atoms with Crippen LogP contribution in [0.1, 0.15) is 44.0 Å². The van der Waals surface area contributed by atoms with Gasteiger partial charge in [0.25, 0.3) is 0 Å². The summed E-state index contributed by atoms with van der Waals surface area (Å²) >= 11 is 2.16. The molecular weight excluding hydrogens is 254 g/mol. The maximum absolute atomic E-state index is 4.47. The number of hydrogen-bond acceptors (Lipinski definition) is 3. The summed E-state index contributed by atoms with van der Waals surface area (Å²) in [4.78, 5) is 0. The Balaban J connectivity index is 2.01. The zero-order chi connectivity index (χ0) is 13.7. The molecule has 0 bridgehead atoms. The summed E-state index contributed by atoms with van der Waals surface area (Å²) in [5.41, 5.74) is 2.49. The molecule has 4 heteroatoms. The molecule has 1 aliphatic rings. The van der Waals surface area contributed by atoms with Crippen molar-refractivity contribution in [3.63, 3.8) is 0 Å². The minimum Gasteiger partial charge on any atom is -0.312 e. The van der Waals surface area contributed by atoms with Crippen molar-refractivity contribution in [2.75, 3.05) is 12.3 Å². The Bertz CT molecular complexity index is 383. The van der Waals surface area contributed by atoms with E-state index >= 15 is 0 Å². The van der Waals surface area contributed by atoms with Crippen molar-refractivity contribution in [2.24, 2.45) is 7.05 Å². The van der Waals surface area contributed by atoms with Crippen molar-refractivity contribution in [1.82, 2.24) is 15.1 Å². The van der Waals surface area contributed by atoms with E-state index in [1.54, 1.807) is 0 Å². The third kappa shape index (κ3) is 4.25. The van der Waals surface area contributed by atoms with Crippen molar-refractivity contribution in [3.8, 4) is 0 Å². The van der Waals surface area contributed by atoms with E-state index < -0.39 is 0 Å². The molecule has 3 nitrogen and oxygen atoms in total. The van der Waals surface area contributed by atoms with Gasteiger partial charge in [-0.05, 0) is 44.6 Å². The maximum atomic E-state index is 4.47. The molecule has 1 N–H and O–H groups in total. The molecule has 1 aliphatic heterocycles. The van der Waals surface area contributed by atoms with Crippen LogP contribution >= 0.6 is 11.8 Å². The first-order valence-corrected chi connectivity index (χ1v) is 8.60. The molecule has 2 unspecified atom stereocenters. The number of thioether (sulfide) groups is 1. The highest BCUT2D eigenvalue weighted by atomic mass is 32.2.